The van der Waals surface area contributed by atoms with Gasteiger partial charge in [0, 0.05) is 18.7 Å². The number of sulfonamides is 1. The summed E-state index contributed by atoms with van der Waals surface area (Å²) in [6.45, 7) is 0.588. The van der Waals surface area contributed by atoms with Gasteiger partial charge in [-0.05, 0) is 53.9 Å². The monoisotopic (exact) mass is 461 g/mol. The van der Waals surface area contributed by atoms with E-state index in [4.69, 9.17) is 5.26 Å². The number of carbonyl (C=O) groups is 2. The summed E-state index contributed by atoms with van der Waals surface area (Å²) in [7, 11) is -3.84. The number of hydrogen-bond donors (Lipinski definition) is 2. The number of nitriles is 1. The van der Waals surface area contributed by atoms with Gasteiger partial charge in [-0.1, -0.05) is 30.3 Å². The Balaban J connectivity index is 1.59. The third-order valence-corrected chi connectivity index (χ3v) is 7.30. The Labute approximate surface area is 190 Å². The summed E-state index contributed by atoms with van der Waals surface area (Å²) in [6, 6.07) is 19.0. The quantitative estimate of drug-likeness (QED) is 0.600. The molecule has 9 heteroatoms. The molecule has 0 atom stereocenters. The van der Waals surface area contributed by atoms with E-state index < -0.39 is 21.9 Å². The molecule has 33 heavy (non-hydrogen) atoms. The van der Waals surface area contributed by atoms with Crippen molar-refractivity contribution in [2.24, 2.45) is 0 Å². The van der Waals surface area contributed by atoms with Gasteiger partial charge in [-0.25, -0.2) is 13.2 Å². The van der Waals surface area contributed by atoms with E-state index in [0.717, 1.165) is 17.2 Å². The van der Waals surface area contributed by atoms with Gasteiger partial charge in [0.1, 0.15) is 0 Å². The Morgan fingerprint density at radius 1 is 1.00 bits per heavy atom. The minimum atomic E-state index is -3.84. The number of amides is 1. The highest BCUT2D eigenvalue weighted by molar-refractivity contribution is 7.89. The minimum absolute atomic E-state index is 0.00685. The Kier molecular flexibility index (Phi) is 5.96. The molecule has 4 rings (SSSR count). The van der Waals surface area contributed by atoms with Crippen LogP contribution in [0.5, 0.6) is 0 Å². The molecule has 1 aliphatic heterocycles. The fraction of sp³-hybridized carbons (Fsp3) is 0.125. The van der Waals surface area contributed by atoms with Gasteiger partial charge in [-0.3, -0.25) is 4.79 Å². The molecule has 0 bridgehead atoms. The highest BCUT2D eigenvalue weighted by Gasteiger charge is 2.28. The number of carboxylic acids is 1. The lowest BCUT2D eigenvalue weighted by Crippen LogP contribution is -2.36. The van der Waals surface area contributed by atoms with E-state index in [9.17, 15) is 23.1 Å². The van der Waals surface area contributed by atoms with E-state index in [1.165, 1.54) is 40.7 Å². The lowest BCUT2D eigenvalue weighted by Gasteiger charge is -2.28. The van der Waals surface area contributed by atoms with Crippen LogP contribution in [0, 0.1) is 11.3 Å². The van der Waals surface area contributed by atoms with Gasteiger partial charge in [-0.2, -0.15) is 9.57 Å². The number of carbonyl (C=O) groups excluding carboxylic acids is 1. The van der Waals surface area contributed by atoms with Crippen molar-refractivity contribution in [1.29, 1.82) is 5.26 Å². The van der Waals surface area contributed by atoms with E-state index in [-0.39, 0.29) is 33.8 Å². The van der Waals surface area contributed by atoms with Gasteiger partial charge < -0.3 is 10.4 Å². The van der Waals surface area contributed by atoms with Crippen LogP contribution in [0.1, 0.15) is 37.4 Å². The first-order valence-corrected chi connectivity index (χ1v) is 11.5. The Bertz CT molecular complexity index is 1410. The molecule has 0 spiro atoms. The molecule has 0 saturated heterocycles. The number of aromatic carboxylic acids is 1. The topological polar surface area (TPSA) is 128 Å². The third kappa shape index (κ3) is 4.48. The van der Waals surface area contributed by atoms with Crippen molar-refractivity contribution in [3.63, 3.8) is 0 Å². The second kappa shape index (κ2) is 8.86. The number of fused-ring (bicyclic) bond motifs is 1. The summed E-state index contributed by atoms with van der Waals surface area (Å²) in [4.78, 5) is 24.3. The molecule has 2 N–H and O–H groups in total. The van der Waals surface area contributed by atoms with E-state index in [1.807, 2.05) is 30.3 Å². The van der Waals surface area contributed by atoms with Crippen LogP contribution >= 0.6 is 0 Å². The zero-order chi connectivity index (χ0) is 23.6. The van der Waals surface area contributed by atoms with E-state index in [0.29, 0.717) is 13.0 Å². The zero-order valence-electron chi connectivity index (χ0n) is 17.4. The largest absolute Gasteiger partial charge is 0.478 e. The molecule has 0 fully saturated rings. The predicted molar refractivity (Wildman–Crippen MR) is 120 cm³/mol. The minimum Gasteiger partial charge on any atom is -0.478 e. The summed E-state index contributed by atoms with van der Waals surface area (Å²) in [5.41, 5.74) is 2.04. The summed E-state index contributed by atoms with van der Waals surface area (Å²) in [5.74, 6) is -1.97. The third-order valence-electron chi connectivity index (χ3n) is 5.46. The fourth-order valence-corrected chi connectivity index (χ4v) is 5.18. The van der Waals surface area contributed by atoms with Gasteiger partial charge in [-0.15, -0.1) is 0 Å². The molecule has 166 valence electrons. The number of hydrogen-bond acceptors (Lipinski definition) is 5. The van der Waals surface area contributed by atoms with Crippen molar-refractivity contribution >= 4 is 27.6 Å². The molecule has 1 heterocycles. The van der Waals surface area contributed by atoms with E-state index >= 15 is 0 Å². The Morgan fingerprint density at radius 3 is 2.48 bits per heavy atom. The van der Waals surface area contributed by atoms with Crippen LogP contribution < -0.4 is 5.32 Å². The zero-order valence-corrected chi connectivity index (χ0v) is 18.2. The van der Waals surface area contributed by atoms with Crippen molar-refractivity contribution < 1.29 is 23.1 Å². The maximum Gasteiger partial charge on any atom is 0.337 e. The maximum atomic E-state index is 13.2. The van der Waals surface area contributed by atoms with Crippen LogP contribution in [-0.2, 0) is 23.0 Å². The SMILES string of the molecule is N#Cc1ccc(NC(=O)c2cccc(S(=O)(=O)N3CCc4ccccc4C3)c2)c(C(=O)O)c1. The van der Waals surface area contributed by atoms with Gasteiger partial charge in [0.25, 0.3) is 5.91 Å². The number of carboxylic acid groups (broad SMARTS) is 1. The molecule has 1 aliphatic rings. The van der Waals surface area contributed by atoms with Crippen molar-refractivity contribution in [3.05, 3.63) is 94.5 Å². The van der Waals surface area contributed by atoms with Crippen LogP contribution in [0.2, 0.25) is 0 Å². The van der Waals surface area contributed by atoms with Gasteiger partial charge >= 0.3 is 5.97 Å². The molecule has 1 amide bonds. The van der Waals surface area contributed by atoms with Crippen molar-refractivity contribution in [2.75, 3.05) is 11.9 Å². The average molecular weight is 461 g/mol. The van der Waals surface area contributed by atoms with Gasteiger partial charge in [0.05, 0.1) is 27.8 Å². The second-order valence-corrected chi connectivity index (χ2v) is 9.45. The molecular weight excluding hydrogens is 442 g/mol. The summed E-state index contributed by atoms with van der Waals surface area (Å²) in [5, 5.41) is 20.9. The molecule has 3 aromatic carbocycles. The second-order valence-electron chi connectivity index (χ2n) is 7.52. The van der Waals surface area contributed by atoms with Crippen molar-refractivity contribution in [3.8, 4) is 6.07 Å². The highest BCUT2D eigenvalue weighted by atomic mass is 32.2. The first-order valence-electron chi connectivity index (χ1n) is 10.1. The van der Waals surface area contributed by atoms with Gasteiger partial charge in [0.15, 0.2) is 0 Å². The normalized spacial score (nSPS) is 13.5. The number of anilines is 1. The van der Waals surface area contributed by atoms with Gasteiger partial charge in [0.2, 0.25) is 10.0 Å². The van der Waals surface area contributed by atoms with Crippen LogP contribution in [0.15, 0.2) is 71.6 Å². The van der Waals surface area contributed by atoms with Crippen LogP contribution in [0.25, 0.3) is 0 Å². The lowest BCUT2D eigenvalue weighted by atomic mass is 10.0. The molecule has 0 saturated carbocycles. The molecule has 0 aromatic heterocycles. The molecule has 3 aromatic rings. The number of benzene rings is 3. The van der Waals surface area contributed by atoms with Crippen LogP contribution in [0.4, 0.5) is 5.69 Å². The average Bonchev–Trinajstić information content (AvgIpc) is 2.83. The molecule has 8 nitrogen and oxygen atoms in total. The number of nitrogens with one attached hydrogen (secondary N) is 1. The number of nitrogens with zero attached hydrogens (tertiary/aromatic N) is 2. The van der Waals surface area contributed by atoms with E-state index in [1.54, 1.807) is 0 Å². The first kappa shape index (κ1) is 22.2. The van der Waals surface area contributed by atoms with Crippen LogP contribution in [0.3, 0.4) is 0 Å². The van der Waals surface area contributed by atoms with Crippen molar-refractivity contribution in [2.45, 2.75) is 17.9 Å². The predicted octanol–water partition coefficient (Wildman–Crippen LogP) is 3.26. The van der Waals surface area contributed by atoms with Crippen LogP contribution in [-0.4, -0.2) is 36.3 Å². The molecule has 0 radical (unpaired) electrons. The first-order chi connectivity index (χ1) is 15.8. The Morgan fingerprint density at radius 2 is 1.76 bits per heavy atom. The summed E-state index contributed by atoms with van der Waals surface area (Å²) < 4.78 is 27.8. The maximum absolute atomic E-state index is 13.2. The number of rotatable bonds is 5. The fourth-order valence-electron chi connectivity index (χ4n) is 3.72. The molecule has 0 aliphatic carbocycles. The lowest BCUT2D eigenvalue weighted by molar-refractivity contribution is 0.0698. The molecular formula is C24H19N3O5S. The summed E-state index contributed by atoms with van der Waals surface area (Å²) in [6.07, 6.45) is 0.603. The van der Waals surface area contributed by atoms with Crippen molar-refractivity contribution in [1.82, 2.24) is 4.31 Å². The smallest absolute Gasteiger partial charge is 0.337 e. The standard InChI is InChI=1S/C24H19N3O5S/c25-14-16-8-9-22(21(12-16)24(29)30)26-23(28)18-6-3-7-20(13-18)33(31,32)27-11-10-17-4-1-2-5-19(17)15-27/h1-9,12-13H,10-11,15H2,(H,26,28)(H,29,30). The van der Waals surface area contributed by atoms with E-state index in [2.05, 4.69) is 5.32 Å². The molecule has 0 unspecified atom stereocenters. The highest BCUT2D eigenvalue weighted by Crippen LogP contribution is 2.26. The summed E-state index contributed by atoms with van der Waals surface area (Å²) >= 11 is 0. The Hall–Kier alpha value is -4.00.